The Morgan fingerprint density at radius 1 is 1.30 bits per heavy atom. The van der Waals surface area contributed by atoms with Crippen LogP contribution in [0.5, 0.6) is 5.75 Å². The molecular formula is C16H15N3O3S. The lowest BCUT2D eigenvalue weighted by atomic mass is 10.1. The van der Waals surface area contributed by atoms with Gasteiger partial charge in [-0.25, -0.2) is 4.98 Å². The Balaban J connectivity index is 1.83. The third-order valence-electron chi connectivity index (χ3n) is 3.21. The molecule has 7 heteroatoms. The average molecular weight is 329 g/mol. The highest BCUT2D eigenvalue weighted by Gasteiger charge is 2.15. The number of aromatic nitrogens is 2. The Morgan fingerprint density at radius 3 is 2.83 bits per heavy atom. The first-order valence-corrected chi connectivity index (χ1v) is 7.80. The van der Waals surface area contributed by atoms with Gasteiger partial charge in [0, 0.05) is 17.0 Å². The van der Waals surface area contributed by atoms with Crippen molar-refractivity contribution in [1.29, 1.82) is 0 Å². The minimum Gasteiger partial charge on any atom is -0.496 e. The standard InChI is InChI=1S/C16H15N3O3S/c1-9-4-5-13(21-3)11(6-9)12-8-23-16(17-12)18-15(20)14-7-10(2)19-22-14/h4-8H,1-3H3,(H,17,18,20). The van der Waals surface area contributed by atoms with Crippen molar-refractivity contribution in [2.75, 3.05) is 12.4 Å². The predicted octanol–water partition coefficient (Wildman–Crippen LogP) is 3.68. The van der Waals surface area contributed by atoms with Crippen molar-refractivity contribution in [1.82, 2.24) is 10.1 Å². The number of carbonyl (C=O) groups excluding carboxylic acids is 1. The van der Waals surface area contributed by atoms with E-state index in [1.807, 2.05) is 30.5 Å². The van der Waals surface area contributed by atoms with E-state index in [4.69, 9.17) is 9.26 Å². The van der Waals surface area contributed by atoms with E-state index in [-0.39, 0.29) is 11.7 Å². The number of hydrogen-bond donors (Lipinski definition) is 1. The van der Waals surface area contributed by atoms with E-state index < -0.39 is 0 Å². The minimum atomic E-state index is -0.372. The van der Waals surface area contributed by atoms with Crippen molar-refractivity contribution in [2.24, 2.45) is 0 Å². The summed E-state index contributed by atoms with van der Waals surface area (Å²) in [6.45, 7) is 3.76. The van der Waals surface area contributed by atoms with Crippen LogP contribution in [0.4, 0.5) is 5.13 Å². The monoisotopic (exact) mass is 329 g/mol. The molecule has 23 heavy (non-hydrogen) atoms. The zero-order valence-electron chi connectivity index (χ0n) is 12.9. The van der Waals surface area contributed by atoms with E-state index in [1.54, 1.807) is 20.1 Å². The summed E-state index contributed by atoms with van der Waals surface area (Å²) >= 11 is 1.34. The second-order valence-electron chi connectivity index (χ2n) is 5.03. The smallest absolute Gasteiger partial charge is 0.296 e. The van der Waals surface area contributed by atoms with Gasteiger partial charge in [0.1, 0.15) is 5.75 Å². The molecule has 118 valence electrons. The molecule has 0 saturated carbocycles. The zero-order chi connectivity index (χ0) is 16.4. The van der Waals surface area contributed by atoms with Gasteiger partial charge in [0.2, 0.25) is 5.76 Å². The fourth-order valence-electron chi connectivity index (χ4n) is 2.11. The van der Waals surface area contributed by atoms with Crippen LogP contribution in [0, 0.1) is 13.8 Å². The Labute approximate surface area is 137 Å². The molecule has 1 aromatic carbocycles. The summed E-state index contributed by atoms with van der Waals surface area (Å²) in [5.41, 5.74) is 3.40. The summed E-state index contributed by atoms with van der Waals surface area (Å²) in [7, 11) is 1.62. The summed E-state index contributed by atoms with van der Waals surface area (Å²) in [5.74, 6) is 0.528. The Morgan fingerprint density at radius 2 is 2.13 bits per heavy atom. The molecule has 0 aliphatic rings. The number of carbonyl (C=O) groups is 1. The summed E-state index contributed by atoms with van der Waals surface area (Å²) < 4.78 is 10.3. The molecule has 2 heterocycles. The van der Waals surface area contributed by atoms with Crippen molar-refractivity contribution in [3.63, 3.8) is 0 Å². The normalized spacial score (nSPS) is 10.6. The first-order chi connectivity index (χ1) is 11.1. The molecular weight excluding hydrogens is 314 g/mol. The number of methoxy groups -OCH3 is 1. The Kier molecular flexibility index (Phi) is 4.12. The Hall–Kier alpha value is -2.67. The lowest BCUT2D eigenvalue weighted by Crippen LogP contribution is -2.10. The highest BCUT2D eigenvalue weighted by molar-refractivity contribution is 7.14. The fraction of sp³-hybridized carbons (Fsp3) is 0.188. The molecule has 6 nitrogen and oxygen atoms in total. The predicted molar refractivity (Wildman–Crippen MR) is 88.0 cm³/mol. The SMILES string of the molecule is COc1ccc(C)cc1-c1csc(NC(=O)c2cc(C)no2)n1. The van der Waals surface area contributed by atoms with Crippen LogP contribution in [0.1, 0.15) is 21.8 Å². The van der Waals surface area contributed by atoms with Crippen molar-refractivity contribution in [3.05, 3.63) is 46.7 Å². The summed E-state index contributed by atoms with van der Waals surface area (Å²) in [6.07, 6.45) is 0. The van der Waals surface area contributed by atoms with Crippen LogP contribution in [0.3, 0.4) is 0 Å². The molecule has 1 N–H and O–H groups in total. The van der Waals surface area contributed by atoms with Crippen molar-refractivity contribution < 1.29 is 14.1 Å². The van der Waals surface area contributed by atoms with Gasteiger partial charge < -0.3 is 9.26 Å². The van der Waals surface area contributed by atoms with E-state index in [1.165, 1.54) is 11.3 Å². The third kappa shape index (κ3) is 3.24. The summed E-state index contributed by atoms with van der Waals surface area (Å²) in [5, 5.41) is 8.76. The topological polar surface area (TPSA) is 77.2 Å². The van der Waals surface area contributed by atoms with Crippen LogP contribution in [-0.2, 0) is 0 Å². The molecule has 3 aromatic rings. The average Bonchev–Trinajstić information content (AvgIpc) is 3.16. The molecule has 0 saturated heterocycles. The van der Waals surface area contributed by atoms with E-state index in [9.17, 15) is 4.79 Å². The summed E-state index contributed by atoms with van der Waals surface area (Å²) in [6, 6.07) is 7.45. The number of benzene rings is 1. The van der Waals surface area contributed by atoms with Gasteiger partial charge in [-0.05, 0) is 26.0 Å². The van der Waals surface area contributed by atoms with Crippen LogP contribution in [-0.4, -0.2) is 23.2 Å². The molecule has 3 rings (SSSR count). The maximum atomic E-state index is 12.0. The van der Waals surface area contributed by atoms with Crippen LogP contribution in [0.2, 0.25) is 0 Å². The first kappa shape index (κ1) is 15.2. The number of ether oxygens (including phenoxy) is 1. The maximum absolute atomic E-state index is 12.0. The van der Waals surface area contributed by atoms with Gasteiger partial charge in [-0.1, -0.05) is 16.8 Å². The van der Waals surface area contributed by atoms with E-state index >= 15 is 0 Å². The fourth-order valence-corrected chi connectivity index (χ4v) is 2.81. The molecule has 0 atom stereocenters. The molecule has 2 aromatic heterocycles. The second-order valence-corrected chi connectivity index (χ2v) is 5.89. The maximum Gasteiger partial charge on any atom is 0.296 e. The highest BCUT2D eigenvalue weighted by atomic mass is 32.1. The number of rotatable bonds is 4. The van der Waals surface area contributed by atoms with Gasteiger partial charge in [-0.15, -0.1) is 11.3 Å². The van der Waals surface area contributed by atoms with Gasteiger partial charge in [0.15, 0.2) is 5.13 Å². The van der Waals surface area contributed by atoms with Gasteiger partial charge in [-0.2, -0.15) is 0 Å². The van der Waals surface area contributed by atoms with Crippen molar-refractivity contribution >= 4 is 22.4 Å². The quantitative estimate of drug-likeness (QED) is 0.790. The first-order valence-electron chi connectivity index (χ1n) is 6.92. The second kappa shape index (κ2) is 6.21. The van der Waals surface area contributed by atoms with Gasteiger partial charge in [-0.3, -0.25) is 10.1 Å². The number of aryl methyl sites for hydroxylation is 2. The molecule has 1 amide bonds. The van der Waals surface area contributed by atoms with E-state index in [2.05, 4.69) is 15.5 Å². The minimum absolute atomic E-state index is 0.160. The van der Waals surface area contributed by atoms with E-state index in [0.717, 1.165) is 22.6 Å². The third-order valence-corrected chi connectivity index (χ3v) is 3.97. The molecule has 0 fully saturated rings. The molecule has 0 radical (unpaired) electrons. The Bertz CT molecular complexity index is 854. The number of hydrogen-bond acceptors (Lipinski definition) is 6. The van der Waals surface area contributed by atoms with Crippen molar-refractivity contribution in [2.45, 2.75) is 13.8 Å². The number of amides is 1. The van der Waals surface area contributed by atoms with Crippen molar-refractivity contribution in [3.8, 4) is 17.0 Å². The number of anilines is 1. The van der Waals surface area contributed by atoms with Gasteiger partial charge in [0.25, 0.3) is 5.91 Å². The lowest BCUT2D eigenvalue weighted by molar-refractivity contribution is 0.0988. The lowest BCUT2D eigenvalue weighted by Gasteiger charge is -2.07. The molecule has 0 unspecified atom stereocenters. The summed E-state index contributed by atoms with van der Waals surface area (Å²) in [4.78, 5) is 16.5. The molecule has 0 aliphatic heterocycles. The molecule has 0 bridgehead atoms. The van der Waals surface area contributed by atoms with Gasteiger partial charge >= 0.3 is 0 Å². The molecule has 0 aliphatic carbocycles. The van der Waals surface area contributed by atoms with Crippen LogP contribution < -0.4 is 10.1 Å². The van der Waals surface area contributed by atoms with E-state index in [0.29, 0.717) is 10.8 Å². The zero-order valence-corrected chi connectivity index (χ0v) is 13.7. The van der Waals surface area contributed by atoms with Crippen LogP contribution >= 0.6 is 11.3 Å². The number of nitrogens with one attached hydrogen (secondary N) is 1. The highest BCUT2D eigenvalue weighted by Crippen LogP contribution is 2.33. The van der Waals surface area contributed by atoms with Gasteiger partial charge in [0.05, 0.1) is 18.5 Å². The number of thiazole rings is 1. The molecule has 0 spiro atoms. The largest absolute Gasteiger partial charge is 0.496 e. The van der Waals surface area contributed by atoms with Crippen LogP contribution in [0.25, 0.3) is 11.3 Å². The van der Waals surface area contributed by atoms with Crippen LogP contribution in [0.15, 0.2) is 34.2 Å². The number of nitrogens with zero attached hydrogens (tertiary/aromatic N) is 2.